The van der Waals surface area contributed by atoms with Gasteiger partial charge >= 0.3 is 12.0 Å². The molecule has 0 aromatic rings. The number of hydrogen-bond acceptors (Lipinski definition) is 4. The van der Waals surface area contributed by atoms with Crippen LogP contribution in [0.25, 0.3) is 0 Å². The normalized spacial score (nSPS) is 13.2. The number of urea groups is 1. The van der Waals surface area contributed by atoms with E-state index >= 15 is 0 Å². The predicted molar refractivity (Wildman–Crippen MR) is 78.9 cm³/mol. The average Bonchev–Trinajstić information content (AvgIpc) is 2.41. The first kappa shape index (κ1) is 18.6. The molecule has 0 saturated heterocycles. The van der Waals surface area contributed by atoms with Gasteiger partial charge in [0.25, 0.3) is 0 Å². The average molecular weight is 305 g/mol. The molecule has 0 aliphatic carbocycles. The van der Waals surface area contributed by atoms with E-state index in [-0.39, 0.29) is 5.91 Å². The summed E-state index contributed by atoms with van der Waals surface area (Å²) in [5, 5.41) is 13.8. The van der Waals surface area contributed by atoms with Gasteiger partial charge in [0.05, 0.1) is 0 Å². The summed E-state index contributed by atoms with van der Waals surface area (Å²) >= 11 is 1.50. The fourth-order valence-electron chi connectivity index (χ4n) is 1.44. The zero-order valence-corrected chi connectivity index (χ0v) is 13.1. The highest BCUT2D eigenvalue weighted by Gasteiger charge is 2.22. The van der Waals surface area contributed by atoms with Gasteiger partial charge in [0.15, 0.2) is 0 Å². The van der Waals surface area contributed by atoms with Crippen molar-refractivity contribution in [3.63, 3.8) is 0 Å². The number of amides is 3. The Kier molecular flexibility index (Phi) is 8.78. The Bertz CT molecular complexity index is 352. The largest absolute Gasteiger partial charge is 0.480 e. The third kappa shape index (κ3) is 6.65. The first-order valence-electron chi connectivity index (χ1n) is 6.37. The van der Waals surface area contributed by atoms with Crippen LogP contribution in [0.3, 0.4) is 0 Å². The van der Waals surface area contributed by atoms with E-state index in [0.717, 1.165) is 0 Å². The van der Waals surface area contributed by atoms with Crippen LogP contribution in [-0.2, 0) is 9.59 Å². The Morgan fingerprint density at radius 1 is 1.30 bits per heavy atom. The number of likely N-dealkylation sites (N-methyl/N-ethyl adjacent to an activating group) is 1. The lowest BCUT2D eigenvalue weighted by atomic mass is 10.2. The minimum Gasteiger partial charge on any atom is -0.480 e. The van der Waals surface area contributed by atoms with Crippen molar-refractivity contribution in [2.75, 3.05) is 25.6 Å². The molecule has 116 valence electrons. The van der Waals surface area contributed by atoms with E-state index < -0.39 is 24.1 Å². The molecular weight excluding hydrogens is 282 g/mol. The first-order chi connectivity index (χ1) is 9.33. The van der Waals surface area contributed by atoms with E-state index in [1.165, 1.54) is 16.7 Å². The second-order valence-electron chi connectivity index (χ2n) is 4.36. The Hall–Kier alpha value is -1.44. The van der Waals surface area contributed by atoms with Crippen LogP contribution in [0.5, 0.6) is 0 Å². The molecule has 3 N–H and O–H groups in total. The van der Waals surface area contributed by atoms with E-state index in [9.17, 15) is 14.4 Å². The van der Waals surface area contributed by atoms with Crippen molar-refractivity contribution in [2.24, 2.45) is 0 Å². The maximum atomic E-state index is 11.8. The van der Waals surface area contributed by atoms with Crippen LogP contribution in [0.2, 0.25) is 0 Å². The van der Waals surface area contributed by atoms with Crippen LogP contribution in [0.1, 0.15) is 20.3 Å². The molecule has 0 aromatic carbocycles. The molecular formula is C12H23N3O4S. The number of carboxylic acids is 1. The number of rotatable bonds is 8. The van der Waals surface area contributed by atoms with Crippen LogP contribution >= 0.6 is 11.8 Å². The van der Waals surface area contributed by atoms with Gasteiger partial charge in [0, 0.05) is 13.6 Å². The van der Waals surface area contributed by atoms with Crippen molar-refractivity contribution >= 4 is 29.7 Å². The minimum atomic E-state index is -1.08. The summed E-state index contributed by atoms with van der Waals surface area (Å²) in [6.45, 7) is 3.93. The van der Waals surface area contributed by atoms with Crippen molar-refractivity contribution in [1.29, 1.82) is 0 Å². The Balaban J connectivity index is 4.38. The SMILES string of the molecule is CCN(C)C(=O)C(C)NC(=O)N[C@@H](CCSC)C(=O)O. The summed E-state index contributed by atoms with van der Waals surface area (Å²) in [5.74, 6) is -0.679. The van der Waals surface area contributed by atoms with Gasteiger partial charge in [0.2, 0.25) is 5.91 Å². The maximum Gasteiger partial charge on any atom is 0.326 e. The molecule has 2 atom stereocenters. The molecule has 0 spiro atoms. The highest BCUT2D eigenvalue weighted by atomic mass is 32.2. The lowest BCUT2D eigenvalue weighted by molar-refractivity contribution is -0.139. The third-order valence-electron chi connectivity index (χ3n) is 2.78. The van der Waals surface area contributed by atoms with Gasteiger partial charge in [-0.25, -0.2) is 9.59 Å². The topological polar surface area (TPSA) is 98.7 Å². The van der Waals surface area contributed by atoms with Gasteiger partial charge in [0.1, 0.15) is 12.1 Å². The van der Waals surface area contributed by atoms with Crippen LogP contribution in [0, 0.1) is 0 Å². The van der Waals surface area contributed by atoms with Crippen molar-refractivity contribution in [3.8, 4) is 0 Å². The quantitative estimate of drug-likeness (QED) is 0.601. The zero-order valence-electron chi connectivity index (χ0n) is 12.3. The molecule has 0 aromatic heterocycles. The molecule has 20 heavy (non-hydrogen) atoms. The fourth-order valence-corrected chi connectivity index (χ4v) is 1.91. The highest BCUT2D eigenvalue weighted by Crippen LogP contribution is 2.01. The lowest BCUT2D eigenvalue weighted by Gasteiger charge is -2.22. The van der Waals surface area contributed by atoms with Gasteiger partial charge in [-0.3, -0.25) is 4.79 Å². The number of carbonyl (C=O) groups excluding carboxylic acids is 2. The van der Waals surface area contributed by atoms with Crippen LogP contribution < -0.4 is 10.6 Å². The standard InChI is InChI=1S/C12H23N3O4S/c1-5-15(3)10(16)8(2)13-12(19)14-9(11(17)18)6-7-20-4/h8-9H,5-7H2,1-4H3,(H,17,18)(H2,13,14,19)/t8?,9-/m0/s1. The first-order valence-corrected chi connectivity index (χ1v) is 7.76. The molecule has 0 saturated carbocycles. The van der Waals surface area contributed by atoms with Crippen LogP contribution in [-0.4, -0.2) is 65.6 Å². The van der Waals surface area contributed by atoms with Crippen LogP contribution in [0.4, 0.5) is 4.79 Å². The molecule has 8 heteroatoms. The molecule has 0 bridgehead atoms. The lowest BCUT2D eigenvalue weighted by Crippen LogP contribution is -2.52. The summed E-state index contributed by atoms with van der Waals surface area (Å²) in [6.07, 6.45) is 2.20. The monoisotopic (exact) mass is 305 g/mol. The number of thioether (sulfide) groups is 1. The van der Waals surface area contributed by atoms with E-state index in [0.29, 0.717) is 18.7 Å². The molecule has 1 unspecified atom stereocenters. The number of hydrogen-bond donors (Lipinski definition) is 3. The number of carboxylic acid groups (broad SMARTS) is 1. The molecule has 0 radical (unpaired) electrons. The van der Waals surface area contributed by atoms with Crippen LogP contribution in [0.15, 0.2) is 0 Å². The fraction of sp³-hybridized carbons (Fsp3) is 0.750. The summed E-state index contributed by atoms with van der Waals surface area (Å²) in [7, 11) is 1.64. The van der Waals surface area contributed by atoms with E-state index in [1.807, 2.05) is 13.2 Å². The Morgan fingerprint density at radius 3 is 2.35 bits per heavy atom. The van der Waals surface area contributed by atoms with E-state index in [2.05, 4.69) is 10.6 Å². The maximum absolute atomic E-state index is 11.8. The third-order valence-corrected chi connectivity index (χ3v) is 3.43. The highest BCUT2D eigenvalue weighted by molar-refractivity contribution is 7.98. The van der Waals surface area contributed by atoms with Crippen molar-refractivity contribution in [2.45, 2.75) is 32.4 Å². The number of nitrogens with one attached hydrogen (secondary N) is 2. The number of nitrogens with zero attached hydrogens (tertiary/aromatic N) is 1. The van der Waals surface area contributed by atoms with E-state index in [1.54, 1.807) is 14.0 Å². The Labute approximate surface area is 123 Å². The van der Waals surface area contributed by atoms with Crippen molar-refractivity contribution in [1.82, 2.24) is 15.5 Å². The summed E-state index contributed by atoms with van der Waals surface area (Å²) in [4.78, 5) is 35.9. The molecule has 7 nitrogen and oxygen atoms in total. The minimum absolute atomic E-state index is 0.223. The predicted octanol–water partition coefficient (Wildman–Crippen LogP) is 0.359. The zero-order chi connectivity index (χ0) is 15.7. The molecule has 0 fully saturated rings. The molecule has 3 amide bonds. The molecule has 0 aliphatic heterocycles. The van der Waals surface area contributed by atoms with Gasteiger partial charge < -0.3 is 20.6 Å². The van der Waals surface area contributed by atoms with Gasteiger partial charge in [-0.2, -0.15) is 11.8 Å². The molecule has 0 heterocycles. The molecule has 0 aliphatic rings. The summed E-state index contributed by atoms with van der Waals surface area (Å²) < 4.78 is 0. The van der Waals surface area contributed by atoms with Gasteiger partial charge in [-0.15, -0.1) is 0 Å². The van der Waals surface area contributed by atoms with Gasteiger partial charge in [-0.05, 0) is 32.3 Å². The summed E-state index contributed by atoms with van der Waals surface area (Å²) in [5.41, 5.74) is 0. The molecule has 0 rings (SSSR count). The second kappa shape index (κ2) is 9.46. The van der Waals surface area contributed by atoms with Crippen molar-refractivity contribution in [3.05, 3.63) is 0 Å². The smallest absolute Gasteiger partial charge is 0.326 e. The summed E-state index contributed by atoms with van der Waals surface area (Å²) in [6, 6.07) is -2.30. The van der Waals surface area contributed by atoms with Gasteiger partial charge in [-0.1, -0.05) is 0 Å². The number of carbonyl (C=O) groups is 3. The number of aliphatic carboxylic acids is 1. The second-order valence-corrected chi connectivity index (χ2v) is 5.35. The van der Waals surface area contributed by atoms with Crippen molar-refractivity contribution < 1.29 is 19.5 Å². The Morgan fingerprint density at radius 2 is 1.90 bits per heavy atom. The van der Waals surface area contributed by atoms with E-state index in [4.69, 9.17) is 5.11 Å².